The highest BCUT2D eigenvalue weighted by Gasteiger charge is 2.29. The maximum absolute atomic E-state index is 4.64. The van der Waals surface area contributed by atoms with E-state index in [0.717, 1.165) is 43.2 Å². The van der Waals surface area contributed by atoms with E-state index >= 15 is 0 Å². The molecule has 5 nitrogen and oxygen atoms in total. The summed E-state index contributed by atoms with van der Waals surface area (Å²) in [5.41, 5.74) is 1.06. The molecule has 0 bridgehead atoms. The molecular formula is C16H25N5. The highest BCUT2D eigenvalue weighted by atomic mass is 15.3. The van der Waals surface area contributed by atoms with Crippen LogP contribution in [0.3, 0.4) is 0 Å². The predicted molar refractivity (Wildman–Crippen MR) is 83.3 cm³/mol. The molecule has 2 aliphatic heterocycles. The molecule has 1 aromatic rings. The highest BCUT2D eigenvalue weighted by molar-refractivity contribution is 5.37. The van der Waals surface area contributed by atoms with Gasteiger partial charge in [0.05, 0.1) is 18.1 Å². The van der Waals surface area contributed by atoms with Crippen LogP contribution in [0, 0.1) is 0 Å². The predicted octanol–water partition coefficient (Wildman–Crippen LogP) is 1.40. The summed E-state index contributed by atoms with van der Waals surface area (Å²) in [6.07, 6.45) is 10.6. The van der Waals surface area contributed by atoms with Gasteiger partial charge in [0.15, 0.2) is 0 Å². The van der Waals surface area contributed by atoms with E-state index in [4.69, 9.17) is 0 Å². The average Bonchev–Trinajstić information content (AvgIpc) is 3.37. The summed E-state index contributed by atoms with van der Waals surface area (Å²) in [4.78, 5) is 14.3. The molecule has 114 valence electrons. The van der Waals surface area contributed by atoms with Crippen LogP contribution in [0.25, 0.3) is 0 Å². The van der Waals surface area contributed by atoms with E-state index in [9.17, 15) is 0 Å². The van der Waals surface area contributed by atoms with Gasteiger partial charge in [-0.1, -0.05) is 6.42 Å². The van der Waals surface area contributed by atoms with Gasteiger partial charge in [0.1, 0.15) is 5.82 Å². The lowest BCUT2D eigenvalue weighted by Crippen LogP contribution is -2.55. The Morgan fingerprint density at radius 2 is 2.00 bits per heavy atom. The summed E-state index contributed by atoms with van der Waals surface area (Å²) in [6.45, 7) is 5.53. The summed E-state index contributed by atoms with van der Waals surface area (Å²) >= 11 is 0. The summed E-state index contributed by atoms with van der Waals surface area (Å²) in [5, 5.41) is 3.49. The summed E-state index contributed by atoms with van der Waals surface area (Å²) in [5.74, 6) is 1.05. The van der Waals surface area contributed by atoms with Gasteiger partial charge in [-0.3, -0.25) is 9.88 Å². The van der Waals surface area contributed by atoms with Gasteiger partial charge in [0, 0.05) is 38.3 Å². The first-order valence-electron chi connectivity index (χ1n) is 8.42. The van der Waals surface area contributed by atoms with Crippen LogP contribution in [0.4, 0.5) is 5.82 Å². The molecule has 21 heavy (non-hydrogen) atoms. The van der Waals surface area contributed by atoms with Crippen molar-refractivity contribution >= 4 is 5.82 Å². The number of fused-ring (bicyclic) bond motifs is 1. The van der Waals surface area contributed by atoms with Gasteiger partial charge in [-0.05, 0) is 32.2 Å². The second-order valence-electron chi connectivity index (χ2n) is 6.65. The van der Waals surface area contributed by atoms with Gasteiger partial charge in [-0.25, -0.2) is 4.98 Å². The zero-order valence-electron chi connectivity index (χ0n) is 12.7. The fraction of sp³-hybridized carbons (Fsp3) is 0.750. The Morgan fingerprint density at radius 3 is 2.81 bits per heavy atom. The molecule has 4 rings (SSSR count). The molecule has 5 heteroatoms. The third-order valence-electron chi connectivity index (χ3n) is 5.00. The molecular weight excluding hydrogens is 262 g/mol. The molecule has 3 aliphatic rings. The molecule has 0 amide bonds. The van der Waals surface area contributed by atoms with Gasteiger partial charge in [0.25, 0.3) is 0 Å². The van der Waals surface area contributed by atoms with Gasteiger partial charge >= 0.3 is 0 Å². The van der Waals surface area contributed by atoms with Gasteiger partial charge in [-0.2, -0.15) is 0 Å². The first-order chi connectivity index (χ1) is 10.4. The molecule has 2 saturated heterocycles. The van der Waals surface area contributed by atoms with Crippen LogP contribution in [0.5, 0.6) is 0 Å². The SMILES string of the molecule is c1nc(N2CCN3CCCCC3C2)cnc1CNC1CC1. The van der Waals surface area contributed by atoms with Crippen LogP contribution < -0.4 is 10.2 Å². The van der Waals surface area contributed by atoms with Crippen molar-refractivity contribution in [3.05, 3.63) is 18.1 Å². The van der Waals surface area contributed by atoms with Crippen LogP contribution in [0.2, 0.25) is 0 Å². The van der Waals surface area contributed by atoms with Crippen LogP contribution in [0.15, 0.2) is 12.4 Å². The maximum atomic E-state index is 4.64. The van der Waals surface area contributed by atoms with E-state index in [1.165, 1.54) is 45.2 Å². The molecule has 1 N–H and O–H groups in total. The van der Waals surface area contributed by atoms with E-state index in [0.29, 0.717) is 0 Å². The third-order valence-corrected chi connectivity index (χ3v) is 5.00. The van der Waals surface area contributed by atoms with E-state index in [2.05, 4.69) is 25.1 Å². The molecule has 1 unspecified atom stereocenters. The highest BCUT2D eigenvalue weighted by Crippen LogP contribution is 2.23. The number of aromatic nitrogens is 2. The quantitative estimate of drug-likeness (QED) is 0.907. The maximum Gasteiger partial charge on any atom is 0.147 e. The number of piperazine rings is 1. The van der Waals surface area contributed by atoms with Crippen LogP contribution in [-0.2, 0) is 6.54 Å². The Bertz CT molecular complexity index is 470. The molecule has 1 aromatic heterocycles. The van der Waals surface area contributed by atoms with Crippen molar-refractivity contribution in [3.63, 3.8) is 0 Å². The third kappa shape index (κ3) is 3.19. The lowest BCUT2D eigenvalue weighted by molar-refractivity contribution is 0.133. The molecule has 1 atom stereocenters. The lowest BCUT2D eigenvalue weighted by atomic mass is 9.99. The Hall–Kier alpha value is -1.20. The minimum atomic E-state index is 0.727. The second kappa shape index (κ2) is 5.89. The number of hydrogen-bond donors (Lipinski definition) is 1. The fourth-order valence-electron chi connectivity index (χ4n) is 3.50. The number of piperidine rings is 1. The zero-order chi connectivity index (χ0) is 14.1. The van der Waals surface area contributed by atoms with Crippen molar-refractivity contribution in [2.24, 2.45) is 0 Å². The Balaban J connectivity index is 1.36. The summed E-state index contributed by atoms with van der Waals surface area (Å²) in [7, 11) is 0. The van der Waals surface area contributed by atoms with Crippen molar-refractivity contribution < 1.29 is 0 Å². The molecule has 0 radical (unpaired) electrons. The van der Waals surface area contributed by atoms with Crippen molar-refractivity contribution in [2.45, 2.75) is 50.7 Å². The van der Waals surface area contributed by atoms with Crippen LogP contribution >= 0.6 is 0 Å². The topological polar surface area (TPSA) is 44.3 Å². The average molecular weight is 287 g/mol. The molecule has 1 saturated carbocycles. The van der Waals surface area contributed by atoms with Crippen molar-refractivity contribution in [2.75, 3.05) is 31.1 Å². The van der Waals surface area contributed by atoms with E-state index in [1.54, 1.807) is 0 Å². The second-order valence-corrected chi connectivity index (χ2v) is 6.65. The van der Waals surface area contributed by atoms with E-state index in [1.807, 2.05) is 12.4 Å². The zero-order valence-corrected chi connectivity index (χ0v) is 12.7. The summed E-state index contributed by atoms with van der Waals surface area (Å²) < 4.78 is 0. The smallest absolute Gasteiger partial charge is 0.147 e. The van der Waals surface area contributed by atoms with Gasteiger partial charge < -0.3 is 10.2 Å². The van der Waals surface area contributed by atoms with Crippen molar-refractivity contribution in [3.8, 4) is 0 Å². The van der Waals surface area contributed by atoms with Gasteiger partial charge in [0.2, 0.25) is 0 Å². The first-order valence-corrected chi connectivity index (χ1v) is 8.42. The van der Waals surface area contributed by atoms with Crippen molar-refractivity contribution in [1.82, 2.24) is 20.2 Å². The largest absolute Gasteiger partial charge is 0.352 e. The fourth-order valence-corrected chi connectivity index (χ4v) is 3.50. The molecule has 1 aliphatic carbocycles. The van der Waals surface area contributed by atoms with Gasteiger partial charge in [-0.15, -0.1) is 0 Å². The standard InChI is InChI=1S/C16H25N5/c1-2-6-20-7-8-21(12-15(20)3-1)16-11-18-14(10-19-16)9-17-13-4-5-13/h10-11,13,15,17H,1-9,12H2. The van der Waals surface area contributed by atoms with Crippen LogP contribution in [-0.4, -0.2) is 53.1 Å². The number of nitrogens with one attached hydrogen (secondary N) is 1. The minimum Gasteiger partial charge on any atom is -0.352 e. The first kappa shape index (κ1) is 13.5. The normalized spacial score (nSPS) is 26.7. The number of hydrogen-bond acceptors (Lipinski definition) is 5. The Morgan fingerprint density at radius 1 is 1.05 bits per heavy atom. The molecule has 0 spiro atoms. The minimum absolute atomic E-state index is 0.727. The monoisotopic (exact) mass is 287 g/mol. The lowest BCUT2D eigenvalue weighted by Gasteiger charge is -2.44. The molecule has 0 aromatic carbocycles. The number of rotatable bonds is 4. The summed E-state index contributed by atoms with van der Waals surface area (Å²) in [6, 6.07) is 1.45. The van der Waals surface area contributed by atoms with E-state index < -0.39 is 0 Å². The van der Waals surface area contributed by atoms with Crippen LogP contribution in [0.1, 0.15) is 37.8 Å². The number of nitrogens with zero attached hydrogens (tertiary/aromatic N) is 4. The molecule has 3 heterocycles. The number of anilines is 1. The van der Waals surface area contributed by atoms with E-state index in [-0.39, 0.29) is 0 Å². The Labute approximate surface area is 126 Å². The molecule has 3 fully saturated rings. The Kier molecular flexibility index (Phi) is 3.78. The van der Waals surface area contributed by atoms with Crippen molar-refractivity contribution in [1.29, 1.82) is 0 Å².